The lowest BCUT2D eigenvalue weighted by Gasteiger charge is -1.99. The minimum atomic E-state index is 0.431. The Balaban J connectivity index is 3.09. The molecule has 0 heterocycles. The van der Waals surface area contributed by atoms with E-state index in [9.17, 15) is 0 Å². The molecule has 0 bridgehead atoms. The highest BCUT2D eigenvalue weighted by Gasteiger charge is 1.98. The van der Waals surface area contributed by atoms with Crippen molar-refractivity contribution < 1.29 is 0 Å². The van der Waals surface area contributed by atoms with Gasteiger partial charge in [-0.1, -0.05) is 17.7 Å². The highest BCUT2D eigenvalue weighted by atomic mass is 35.5. The monoisotopic (exact) mass is 198 g/mol. The standard InChI is InChI=1S/C8H7ClN2S/c9-8-3-7(11-5-12)2-1-6(8)4-10/h1-3H,4,10H2. The molecule has 0 aliphatic carbocycles. The number of benzene rings is 1. The molecule has 0 saturated heterocycles. The number of hydrogen-bond acceptors (Lipinski definition) is 3. The Bertz CT molecular complexity index is 332. The largest absolute Gasteiger partial charge is 0.326 e. The lowest BCUT2D eigenvalue weighted by molar-refractivity contribution is 1.07. The lowest BCUT2D eigenvalue weighted by Crippen LogP contribution is -1.96. The van der Waals surface area contributed by atoms with Gasteiger partial charge >= 0.3 is 0 Å². The molecule has 62 valence electrons. The fraction of sp³-hybridized carbons (Fsp3) is 0.125. The third-order valence-corrected chi connectivity index (χ3v) is 1.87. The lowest BCUT2D eigenvalue weighted by atomic mass is 10.2. The van der Waals surface area contributed by atoms with Gasteiger partial charge in [0.25, 0.3) is 0 Å². The van der Waals surface area contributed by atoms with Gasteiger partial charge in [0.1, 0.15) is 0 Å². The van der Waals surface area contributed by atoms with Crippen LogP contribution in [0.1, 0.15) is 5.56 Å². The molecule has 0 unspecified atom stereocenters. The highest BCUT2D eigenvalue weighted by Crippen LogP contribution is 2.21. The number of hydrogen-bond donors (Lipinski definition) is 1. The molecule has 2 nitrogen and oxygen atoms in total. The van der Waals surface area contributed by atoms with Crippen LogP contribution in [0.3, 0.4) is 0 Å². The molecule has 1 aromatic rings. The van der Waals surface area contributed by atoms with Crippen molar-refractivity contribution in [2.45, 2.75) is 6.54 Å². The van der Waals surface area contributed by atoms with Crippen LogP contribution in [0.5, 0.6) is 0 Å². The average Bonchev–Trinajstić information content (AvgIpc) is 2.05. The van der Waals surface area contributed by atoms with Gasteiger partial charge < -0.3 is 5.73 Å². The fourth-order valence-corrected chi connectivity index (χ4v) is 1.18. The first kappa shape index (κ1) is 9.36. The minimum absolute atomic E-state index is 0.431. The van der Waals surface area contributed by atoms with Crippen LogP contribution in [0.15, 0.2) is 23.2 Å². The third-order valence-electron chi connectivity index (χ3n) is 1.43. The van der Waals surface area contributed by atoms with Gasteiger partial charge in [-0.2, -0.15) is 4.99 Å². The first-order chi connectivity index (χ1) is 5.77. The van der Waals surface area contributed by atoms with Crippen molar-refractivity contribution in [3.63, 3.8) is 0 Å². The number of aliphatic imine (C=N–C) groups is 1. The van der Waals surface area contributed by atoms with Gasteiger partial charge in [0, 0.05) is 11.6 Å². The molecule has 0 aromatic heterocycles. The number of rotatable bonds is 2. The topological polar surface area (TPSA) is 38.4 Å². The maximum absolute atomic E-state index is 5.86. The molecule has 2 N–H and O–H groups in total. The fourth-order valence-electron chi connectivity index (χ4n) is 0.824. The van der Waals surface area contributed by atoms with E-state index in [1.165, 1.54) is 0 Å². The second-order valence-electron chi connectivity index (χ2n) is 2.18. The SMILES string of the molecule is NCc1ccc(N=C=S)cc1Cl. The number of nitrogens with zero attached hydrogens (tertiary/aromatic N) is 1. The van der Waals surface area contributed by atoms with E-state index in [1.54, 1.807) is 12.1 Å². The molecule has 0 fully saturated rings. The molecule has 0 radical (unpaired) electrons. The smallest absolute Gasteiger partial charge is 0.0754 e. The van der Waals surface area contributed by atoms with Gasteiger partial charge in [-0.05, 0) is 29.9 Å². The average molecular weight is 199 g/mol. The molecule has 0 atom stereocenters. The Morgan fingerprint density at radius 3 is 2.83 bits per heavy atom. The summed E-state index contributed by atoms with van der Waals surface area (Å²) in [5.74, 6) is 0. The first-order valence-electron chi connectivity index (χ1n) is 3.34. The van der Waals surface area contributed by atoms with Crippen LogP contribution in [-0.4, -0.2) is 5.16 Å². The van der Waals surface area contributed by atoms with E-state index in [4.69, 9.17) is 17.3 Å². The number of nitrogens with two attached hydrogens (primary N) is 1. The van der Waals surface area contributed by atoms with Crippen molar-refractivity contribution >= 4 is 34.7 Å². The van der Waals surface area contributed by atoms with Gasteiger partial charge in [-0.25, -0.2) is 0 Å². The highest BCUT2D eigenvalue weighted by molar-refractivity contribution is 7.78. The molecule has 0 saturated carbocycles. The minimum Gasteiger partial charge on any atom is -0.326 e. The Kier molecular flexibility index (Phi) is 3.38. The number of thiocarbonyl (C=S) groups is 1. The summed E-state index contributed by atoms with van der Waals surface area (Å²) in [6.07, 6.45) is 0. The normalized spacial score (nSPS) is 9.17. The maximum Gasteiger partial charge on any atom is 0.0754 e. The summed E-state index contributed by atoms with van der Waals surface area (Å²) in [5.41, 5.74) is 7.03. The molecule has 0 amide bonds. The Hall–Kier alpha value is -0.730. The summed E-state index contributed by atoms with van der Waals surface area (Å²) in [6, 6.07) is 5.34. The van der Waals surface area contributed by atoms with Crippen molar-refractivity contribution in [1.82, 2.24) is 0 Å². The number of halogens is 1. The Labute approximate surface area is 81.1 Å². The van der Waals surface area contributed by atoms with Crippen LogP contribution in [0.4, 0.5) is 5.69 Å². The van der Waals surface area contributed by atoms with Crippen molar-refractivity contribution in [1.29, 1.82) is 0 Å². The van der Waals surface area contributed by atoms with Crippen LogP contribution in [0.2, 0.25) is 5.02 Å². The maximum atomic E-state index is 5.86. The number of isothiocyanates is 1. The van der Waals surface area contributed by atoms with E-state index in [2.05, 4.69) is 22.4 Å². The summed E-state index contributed by atoms with van der Waals surface area (Å²) < 4.78 is 0. The predicted octanol–water partition coefficient (Wildman–Crippen LogP) is 2.53. The van der Waals surface area contributed by atoms with E-state index < -0.39 is 0 Å². The Morgan fingerprint density at radius 1 is 1.58 bits per heavy atom. The molecule has 0 aliphatic heterocycles. The quantitative estimate of drug-likeness (QED) is 0.586. The Morgan fingerprint density at radius 2 is 2.33 bits per heavy atom. The zero-order chi connectivity index (χ0) is 8.97. The zero-order valence-corrected chi connectivity index (χ0v) is 7.82. The van der Waals surface area contributed by atoms with E-state index in [0.29, 0.717) is 17.3 Å². The van der Waals surface area contributed by atoms with Gasteiger partial charge in [0.05, 0.1) is 10.8 Å². The summed E-state index contributed by atoms with van der Waals surface area (Å²) in [5, 5.41) is 2.88. The van der Waals surface area contributed by atoms with E-state index >= 15 is 0 Å². The third kappa shape index (κ3) is 2.13. The molecular formula is C8H7ClN2S. The van der Waals surface area contributed by atoms with Crippen LogP contribution >= 0.6 is 23.8 Å². The van der Waals surface area contributed by atoms with Gasteiger partial charge in [0.15, 0.2) is 0 Å². The van der Waals surface area contributed by atoms with Gasteiger partial charge in [-0.15, -0.1) is 0 Å². The van der Waals surface area contributed by atoms with Gasteiger partial charge in [-0.3, -0.25) is 0 Å². The molecule has 0 spiro atoms. The summed E-state index contributed by atoms with van der Waals surface area (Å²) in [4.78, 5) is 3.78. The molecule has 1 aromatic carbocycles. The van der Waals surface area contributed by atoms with Crippen LogP contribution in [0, 0.1) is 0 Å². The molecule has 1 rings (SSSR count). The zero-order valence-electron chi connectivity index (χ0n) is 6.25. The van der Waals surface area contributed by atoms with Crippen LogP contribution < -0.4 is 5.73 Å². The summed E-state index contributed by atoms with van der Waals surface area (Å²) in [6.45, 7) is 0.431. The van der Waals surface area contributed by atoms with Crippen LogP contribution in [-0.2, 0) is 6.54 Å². The van der Waals surface area contributed by atoms with E-state index in [-0.39, 0.29) is 0 Å². The summed E-state index contributed by atoms with van der Waals surface area (Å²) >= 11 is 10.3. The molecule has 4 heteroatoms. The van der Waals surface area contributed by atoms with Gasteiger partial charge in [0.2, 0.25) is 0 Å². The van der Waals surface area contributed by atoms with E-state index in [0.717, 1.165) is 5.56 Å². The van der Waals surface area contributed by atoms with Crippen molar-refractivity contribution in [3.8, 4) is 0 Å². The first-order valence-corrected chi connectivity index (χ1v) is 4.13. The van der Waals surface area contributed by atoms with E-state index in [1.807, 2.05) is 6.07 Å². The van der Waals surface area contributed by atoms with Crippen molar-refractivity contribution in [2.24, 2.45) is 10.7 Å². The summed E-state index contributed by atoms with van der Waals surface area (Å²) in [7, 11) is 0. The predicted molar refractivity (Wildman–Crippen MR) is 54.0 cm³/mol. The van der Waals surface area contributed by atoms with Crippen molar-refractivity contribution in [3.05, 3.63) is 28.8 Å². The molecule has 0 aliphatic rings. The molecular weight excluding hydrogens is 192 g/mol. The van der Waals surface area contributed by atoms with Crippen LogP contribution in [0.25, 0.3) is 0 Å². The second-order valence-corrected chi connectivity index (χ2v) is 2.77. The van der Waals surface area contributed by atoms with Crippen molar-refractivity contribution in [2.75, 3.05) is 0 Å². The molecule has 12 heavy (non-hydrogen) atoms. The second kappa shape index (κ2) is 4.33.